The average molecular weight is 249 g/mol. The summed E-state index contributed by atoms with van der Waals surface area (Å²) in [6.45, 7) is 0. The number of halogens is 2. The molecule has 3 N–H and O–H groups in total. The molecule has 2 rings (SSSR count). The van der Waals surface area contributed by atoms with Gasteiger partial charge in [-0.15, -0.1) is 24.8 Å². The van der Waals surface area contributed by atoms with E-state index in [0.29, 0.717) is 6.04 Å². The summed E-state index contributed by atoms with van der Waals surface area (Å²) in [5, 5.41) is 3.32. The Hall–Kier alpha value is -0.440. The summed E-state index contributed by atoms with van der Waals surface area (Å²) in [6.07, 6.45) is 3.45. The standard InChI is InChI=1S/C11H16N2.2ClH/c1-13-9-5-6-10-8(7-9)3-2-4-11(10)12;;/h2-4,9,13H,5-7,12H2,1H3;2*1H. The van der Waals surface area contributed by atoms with Gasteiger partial charge in [0.2, 0.25) is 0 Å². The Labute approximate surface area is 103 Å². The molecule has 0 heterocycles. The zero-order valence-corrected chi connectivity index (χ0v) is 10.5. The van der Waals surface area contributed by atoms with E-state index in [-0.39, 0.29) is 24.8 Å². The Balaban J connectivity index is 0.000000980. The van der Waals surface area contributed by atoms with Crippen LogP contribution in [0.4, 0.5) is 5.69 Å². The fourth-order valence-electron chi connectivity index (χ4n) is 2.08. The lowest BCUT2D eigenvalue weighted by atomic mass is 9.87. The zero-order valence-electron chi connectivity index (χ0n) is 8.82. The van der Waals surface area contributed by atoms with E-state index < -0.39 is 0 Å². The van der Waals surface area contributed by atoms with Crippen molar-refractivity contribution in [1.29, 1.82) is 0 Å². The zero-order chi connectivity index (χ0) is 9.26. The van der Waals surface area contributed by atoms with Gasteiger partial charge in [0.25, 0.3) is 0 Å². The summed E-state index contributed by atoms with van der Waals surface area (Å²) < 4.78 is 0. The first kappa shape index (κ1) is 14.6. The van der Waals surface area contributed by atoms with Gasteiger partial charge in [-0.3, -0.25) is 0 Å². The van der Waals surface area contributed by atoms with E-state index in [1.807, 2.05) is 19.2 Å². The van der Waals surface area contributed by atoms with E-state index in [0.717, 1.165) is 18.5 Å². The van der Waals surface area contributed by atoms with Crippen molar-refractivity contribution in [3.63, 3.8) is 0 Å². The molecule has 2 nitrogen and oxygen atoms in total. The average Bonchev–Trinajstić information content (AvgIpc) is 2.18. The van der Waals surface area contributed by atoms with Gasteiger partial charge in [0.15, 0.2) is 0 Å². The van der Waals surface area contributed by atoms with Gasteiger partial charge < -0.3 is 11.1 Å². The van der Waals surface area contributed by atoms with Gasteiger partial charge in [-0.25, -0.2) is 0 Å². The van der Waals surface area contributed by atoms with Crippen LogP contribution >= 0.6 is 24.8 Å². The molecule has 1 aliphatic carbocycles. The largest absolute Gasteiger partial charge is 0.398 e. The van der Waals surface area contributed by atoms with Crippen molar-refractivity contribution in [2.24, 2.45) is 0 Å². The molecule has 0 aromatic heterocycles. The summed E-state index contributed by atoms with van der Waals surface area (Å²) in [4.78, 5) is 0. The fraction of sp³-hybridized carbons (Fsp3) is 0.455. The van der Waals surface area contributed by atoms with Crippen molar-refractivity contribution in [3.05, 3.63) is 29.3 Å². The Morgan fingerprint density at radius 2 is 2.07 bits per heavy atom. The Morgan fingerprint density at radius 1 is 1.33 bits per heavy atom. The molecule has 0 bridgehead atoms. The first-order valence-electron chi connectivity index (χ1n) is 4.84. The first-order valence-corrected chi connectivity index (χ1v) is 4.84. The molecule has 1 aromatic carbocycles. The van der Waals surface area contributed by atoms with Crippen LogP contribution in [0.15, 0.2) is 18.2 Å². The highest BCUT2D eigenvalue weighted by Crippen LogP contribution is 2.25. The number of nitrogens with two attached hydrogens (primary N) is 1. The molecule has 4 heteroatoms. The normalized spacial score (nSPS) is 18.3. The van der Waals surface area contributed by atoms with Crippen LogP contribution < -0.4 is 11.1 Å². The topological polar surface area (TPSA) is 38.0 Å². The van der Waals surface area contributed by atoms with Crippen LogP contribution in [-0.2, 0) is 12.8 Å². The summed E-state index contributed by atoms with van der Waals surface area (Å²) in [6, 6.07) is 6.87. The van der Waals surface area contributed by atoms with Gasteiger partial charge in [0.1, 0.15) is 0 Å². The maximum absolute atomic E-state index is 5.91. The highest BCUT2D eigenvalue weighted by molar-refractivity contribution is 5.85. The molecule has 1 atom stereocenters. The molecule has 1 unspecified atom stereocenters. The van der Waals surface area contributed by atoms with E-state index in [9.17, 15) is 0 Å². The van der Waals surface area contributed by atoms with Crippen molar-refractivity contribution in [2.45, 2.75) is 25.3 Å². The second-order valence-electron chi connectivity index (χ2n) is 3.71. The number of hydrogen-bond donors (Lipinski definition) is 2. The molecule has 0 aliphatic heterocycles. The first-order chi connectivity index (χ1) is 6.31. The summed E-state index contributed by atoms with van der Waals surface area (Å²) in [5.74, 6) is 0. The monoisotopic (exact) mass is 248 g/mol. The van der Waals surface area contributed by atoms with Crippen molar-refractivity contribution < 1.29 is 0 Å². The SMILES string of the molecule is CNC1CCc2c(N)cccc2C1.Cl.Cl. The van der Waals surface area contributed by atoms with Gasteiger partial charge in [-0.1, -0.05) is 12.1 Å². The van der Waals surface area contributed by atoms with Gasteiger partial charge in [0.05, 0.1) is 0 Å². The van der Waals surface area contributed by atoms with Gasteiger partial charge in [-0.05, 0) is 43.5 Å². The minimum atomic E-state index is 0. The molecule has 0 saturated carbocycles. The molecule has 0 radical (unpaired) electrons. The molecule has 0 fully saturated rings. The third-order valence-corrected chi connectivity index (χ3v) is 2.93. The van der Waals surface area contributed by atoms with Crippen molar-refractivity contribution >= 4 is 30.5 Å². The Kier molecular flexibility index (Phi) is 6.03. The molecule has 1 aromatic rings. The number of benzene rings is 1. The van der Waals surface area contributed by atoms with Crippen LogP contribution in [-0.4, -0.2) is 13.1 Å². The highest BCUT2D eigenvalue weighted by atomic mass is 35.5. The Morgan fingerprint density at radius 3 is 2.73 bits per heavy atom. The number of fused-ring (bicyclic) bond motifs is 1. The third kappa shape index (κ3) is 3.00. The van der Waals surface area contributed by atoms with Crippen LogP contribution in [0.25, 0.3) is 0 Å². The summed E-state index contributed by atoms with van der Waals surface area (Å²) in [5.41, 5.74) is 9.66. The maximum Gasteiger partial charge on any atom is 0.0349 e. The summed E-state index contributed by atoms with van der Waals surface area (Å²) >= 11 is 0. The number of anilines is 1. The second-order valence-corrected chi connectivity index (χ2v) is 3.71. The van der Waals surface area contributed by atoms with E-state index in [4.69, 9.17) is 5.73 Å². The number of hydrogen-bond acceptors (Lipinski definition) is 2. The smallest absolute Gasteiger partial charge is 0.0349 e. The van der Waals surface area contributed by atoms with E-state index in [1.165, 1.54) is 17.5 Å². The van der Waals surface area contributed by atoms with Crippen LogP contribution in [0.3, 0.4) is 0 Å². The third-order valence-electron chi connectivity index (χ3n) is 2.93. The molecule has 1 aliphatic rings. The molecule has 0 spiro atoms. The minimum Gasteiger partial charge on any atom is -0.398 e. The van der Waals surface area contributed by atoms with Gasteiger partial charge in [0, 0.05) is 11.7 Å². The predicted octanol–water partition coefficient (Wildman–Crippen LogP) is 2.19. The van der Waals surface area contributed by atoms with Crippen LogP contribution in [0.1, 0.15) is 17.5 Å². The molecule has 15 heavy (non-hydrogen) atoms. The second kappa shape index (κ2) is 6.21. The van der Waals surface area contributed by atoms with Crippen LogP contribution in [0, 0.1) is 0 Å². The van der Waals surface area contributed by atoms with Gasteiger partial charge >= 0.3 is 0 Å². The van der Waals surface area contributed by atoms with Crippen LogP contribution in [0.5, 0.6) is 0 Å². The van der Waals surface area contributed by atoms with Crippen molar-refractivity contribution in [2.75, 3.05) is 12.8 Å². The molecular weight excluding hydrogens is 231 g/mol. The fourth-order valence-corrected chi connectivity index (χ4v) is 2.08. The lowest BCUT2D eigenvalue weighted by Gasteiger charge is -2.25. The molecular formula is C11H18Cl2N2. The summed E-state index contributed by atoms with van der Waals surface area (Å²) in [7, 11) is 2.03. The Bertz CT molecular complexity index is 315. The number of rotatable bonds is 1. The molecule has 0 saturated heterocycles. The molecule has 86 valence electrons. The maximum atomic E-state index is 5.91. The molecule has 0 amide bonds. The lowest BCUT2D eigenvalue weighted by molar-refractivity contribution is 0.497. The van der Waals surface area contributed by atoms with Gasteiger partial charge in [-0.2, -0.15) is 0 Å². The van der Waals surface area contributed by atoms with E-state index in [2.05, 4.69) is 11.4 Å². The number of likely N-dealkylation sites (N-methyl/N-ethyl adjacent to an activating group) is 1. The van der Waals surface area contributed by atoms with E-state index >= 15 is 0 Å². The number of nitrogen functional groups attached to an aromatic ring is 1. The lowest BCUT2D eigenvalue weighted by Crippen LogP contribution is -2.31. The van der Waals surface area contributed by atoms with Crippen molar-refractivity contribution in [3.8, 4) is 0 Å². The highest BCUT2D eigenvalue weighted by Gasteiger charge is 2.17. The van der Waals surface area contributed by atoms with Crippen molar-refractivity contribution in [1.82, 2.24) is 5.32 Å². The minimum absolute atomic E-state index is 0. The predicted molar refractivity (Wildman–Crippen MR) is 70.2 cm³/mol. The quantitative estimate of drug-likeness (QED) is 0.749. The number of nitrogens with one attached hydrogen (secondary N) is 1. The van der Waals surface area contributed by atoms with Crippen LogP contribution in [0.2, 0.25) is 0 Å². The van der Waals surface area contributed by atoms with E-state index in [1.54, 1.807) is 0 Å².